The smallest absolute Gasteiger partial charge is 0.268 e. The van der Waals surface area contributed by atoms with Crippen LogP contribution in [-0.2, 0) is 0 Å². The first-order chi connectivity index (χ1) is 8.18. The number of aromatic hydroxyl groups is 1. The molecule has 0 unspecified atom stereocenters. The summed E-state index contributed by atoms with van der Waals surface area (Å²) in [5, 5.41) is 9.17. The Bertz CT molecular complexity index is 511. The highest BCUT2D eigenvalue weighted by atomic mass is 32.1. The molecule has 0 atom stereocenters. The van der Waals surface area contributed by atoms with E-state index in [4.69, 9.17) is 5.11 Å². The maximum atomic E-state index is 12.0. The Morgan fingerprint density at radius 3 is 2.18 bits per heavy atom. The molecule has 2 aromatic carbocycles. The minimum atomic E-state index is -0.209. The Balaban J connectivity index is 2.23. The van der Waals surface area contributed by atoms with E-state index in [1.165, 1.54) is 16.4 Å². The van der Waals surface area contributed by atoms with E-state index >= 15 is 0 Å². The zero-order chi connectivity index (χ0) is 12.3. The van der Waals surface area contributed by atoms with Crippen molar-refractivity contribution in [3.63, 3.8) is 0 Å². The first-order valence-corrected chi connectivity index (χ1v) is 5.46. The summed E-state index contributed by atoms with van der Waals surface area (Å²) in [5.41, 5.74) is 1.18. The van der Waals surface area contributed by atoms with Gasteiger partial charge in [-0.3, -0.25) is 9.10 Å². The zero-order valence-electron chi connectivity index (χ0n) is 8.95. The van der Waals surface area contributed by atoms with E-state index in [-0.39, 0.29) is 11.7 Å². The molecule has 0 saturated heterocycles. The third-order valence-electron chi connectivity index (χ3n) is 2.31. The summed E-state index contributed by atoms with van der Waals surface area (Å²) in [6.07, 6.45) is 0. The number of carbonyl (C=O) groups is 1. The molecular weight excluding hydrogens is 234 g/mol. The largest absolute Gasteiger partial charge is 0.508 e. The SMILES string of the molecule is O=C(c1ccccc1)N(S)c1ccc(O)cc1. The molecule has 0 aliphatic rings. The number of amides is 1. The van der Waals surface area contributed by atoms with Crippen LogP contribution in [0, 0.1) is 0 Å². The molecule has 0 bridgehead atoms. The Kier molecular flexibility index (Phi) is 3.35. The average molecular weight is 245 g/mol. The molecule has 2 rings (SSSR count). The number of rotatable bonds is 2. The molecule has 0 aliphatic carbocycles. The van der Waals surface area contributed by atoms with Crippen molar-refractivity contribution in [2.24, 2.45) is 0 Å². The second-order valence-electron chi connectivity index (χ2n) is 3.50. The fourth-order valence-corrected chi connectivity index (χ4v) is 1.66. The van der Waals surface area contributed by atoms with Crippen molar-refractivity contribution < 1.29 is 9.90 Å². The number of phenols is 1. The van der Waals surface area contributed by atoms with Crippen LogP contribution in [0.3, 0.4) is 0 Å². The van der Waals surface area contributed by atoms with E-state index in [1.54, 1.807) is 36.4 Å². The molecule has 0 aromatic heterocycles. The monoisotopic (exact) mass is 245 g/mol. The van der Waals surface area contributed by atoms with Crippen LogP contribution in [0.1, 0.15) is 10.4 Å². The summed E-state index contributed by atoms with van der Waals surface area (Å²) in [5.74, 6) is -0.0535. The lowest BCUT2D eigenvalue weighted by molar-refractivity contribution is 0.101. The van der Waals surface area contributed by atoms with Crippen molar-refractivity contribution in [3.8, 4) is 5.75 Å². The van der Waals surface area contributed by atoms with Gasteiger partial charge in [-0.15, -0.1) is 0 Å². The number of hydrogen-bond donors (Lipinski definition) is 2. The maximum absolute atomic E-state index is 12.0. The van der Waals surface area contributed by atoms with Gasteiger partial charge in [-0.25, -0.2) is 0 Å². The molecule has 2 aromatic rings. The average Bonchev–Trinajstić information content (AvgIpc) is 2.39. The number of carbonyl (C=O) groups excluding carboxylic acids is 1. The zero-order valence-corrected chi connectivity index (χ0v) is 9.84. The Hall–Kier alpha value is -1.94. The fourth-order valence-electron chi connectivity index (χ4n) is 1.41. The predicted molar refractivity (Wildman–Crippen MR) is 70.3 cm³/mol. The Morgan fingerprint density at radius 2 is 1.59 bits per heavy atom. The van der Waals surface area contributed by atoms with Crippen LogP contribution in [0.4, 0.5) is 5.69 Å². The van der Waals surface area contributed by atoms with Crippen LogP contribution in [0.15, 0.2) is 54.6 Å². The van der Waals surface area contributed by atoms with E-state index in [0.717, 1.165) is 0 Å². The molecular formula is C13H11NO2S. The summed E-state index contributed by atoms with van der Waals surface area (Å²) in [4.78, 5) is 12.0. The highest BCUT2D eigenvalue weighted by Gasteiger charge is 2.13. The van der Waals surface area contributed by atoms with Gasteiger partial charge in [-0.1, -0.05) is 31.0 Å². The maximum Gasteiger partial charge on any atom is 0.268 e. The first-order valence-electron chi connectivity index (χ1n) is 5.06. The summed E-state index contributed by atoms with van der Waals surface area (Å²) in [6.45, 7) is 0. The van der Waals surface area contributed by atoms with Crippen LogP contribution in [-0.4, -0.2) is 11.0 Å². The second-order valence-corrected chi connectivity index (χ2v) is 3.90. The van der Waals surface area contributed by atoms with E-state index in [0.29, 0.717) is 11.3 Å². The van der Waals surface area contributed by atoms with Crippen molar-refractivity contribution in [1.29, 1.82) is 0 Å². The molecule has 4 heteroatoms. The van der Waals surface area contributed by atoms with E-state index in [9.17, 15) is 4.79 Å². The van der Waals surface area contributed by atoms with Gasteiger partial charge in [0.1, 0.15) is 5.75 Å². The van der Waals surface area contributed by atoms with Crippen molar-refractivity contribution in [2.75, 3.05) is 4.31 Å². The summed E-state index contributed by atoms with van der Waals surface area (Å²) < 4.78 is 1.24. The van der Waals surface area contributed by atoms with E-state index in [2.05, 4.69) is 12.8 Å². The summed E-state index contributed by atoms with van der Waals surface area (Å²) in [6, 6.07) is 15.2. The Morgan fingerprint density at radius 1 is 1.00 bits per heavy atom. The third kappa shape index (κ3) is 2.60. The molecule has 0 saturated carbocycles. The van der Waals surface area contributed by atoms with Gasteiger partial charge in [0, 0.05) is 5.56 Å². The van der Waals surface area contributed by atoms with Crippen LogP contribution in [0.5, 0.6) is 5.75 Å². The Labute approximate surface area is 105 Å². The standard InChI is InChI=1S/C13H11NO2S/c15-12-8-6-11(7-9-12)14(17)13(16)10-4-2-1-3-5-10/h1-9,15,17H. The first kappa shape index (κ1) is 11.5. The van der Waals surface area contributed by atoms with Gasteiger partial charge in [0.15, 0.2) is 0 Å². The molecule has 0 fully saturated rings. The van der Waals surface area contributed by atoms with Gasteiger partial charge < -0.3 is 5.11 Å². The van der Waals surface area contributed by atoms with Gasteiger partial charge in [-0.2, -0.15) is 0 Å². The quantitative estimate of drug-likeness (QED) is 0.799. The molecule has 0 heterocycles. The van der Waals surface area contributed by atoms with E-state index in [1.807, 2.05) is 6.07 Å². The van der Waals surface area contributed by atoms with E-state index < -0.39 is 0 Å². The summed E-state index contributed by atoms with van der Waals surface area (Å²) >= 11 is 4.16. The van der Waals surface area contributed by atoms with Crippen molar-refractivity contribution in [2.45, 2.75) is 0 Å². The predicted octanol–water partition coefficient (Wildman–Crippen LogP) is 2.88. The number of benzene rings is 2. The molecule has 86 valence electrons. The van der Waals surface area contributed by atoms with Crippen LogP contribution in [0.2, 0.25) is 0 Å². The molecule has 1 amide bonds. The number of thiol groups is 1. The van der Waals surface area contributed by atoms with Gasteiger partial charge >= 0.3 is 0 Å². The second kappa shape index (κ2) is 4.93. The third-order valence-corrected chi connectivity index (χ3v) is 2.72. The number of anilines is 1. The van der Waals surface area contributed by atoms with Gasteiger partial charge in [0.05, 0.1) is 5.69 Å². The number of nitrogens with zero attached hydrogens (tertiary/aromatic N) is 1. The topological polar surface area (TPSA) is 40.5 Å². The molecule has 17 heavy (non-hydrogen) atoms. The lowest BCUT2D eigenvalue weighted by Gasteiger charge is -2.15. The van der Waals surface area contributed by atoms with Crippen LogP contribution < -0.4 is 4.31 Å². The minimum Gasteiger partial charge on any atom is -0.508 e. The highest BCUT2D eigenvalue weighted by molar-refractivity contribution is 7.82. The lowest BCUT2D eigenvalue weighted by atomic mass is 10.2. The molecule has 3 nitrogen and oxygen atoms in total. The fraction of sp³-hybridized carbons (Fsp3) is 0. The molecule has 0 aliphatic heterocycles. The molecule has 0 spiro atoms. The van der Waals surface area contributed by atoms with Gasteiger partial charge in [-0.05, 0) is 36.4 Å². The van der Waals surface area contributed by atoms with Crippen molar-refractivity contribution in [3.05, 3.63) is 60.2 Å². The van der Waals surface area contributed by atoms with Gasteiger partial charge in [0.2, 0.25) is 0 Å². The highest BCUT2D eigenvalue weighted by Crippen LogP contribution is 2.21. The van der Waals surface area contributed by atoms with Gasteiger partial charge in [0.25, 0.3) is 5.91 Å². The van der Waals surface area contributed by atoms with Crippen molar-refractivity contribution in [1.82, 2.24) is 0 Å². The lowest BCUT2D eigenvalue weighted by Crippen LogP contribution is -2.20. The van der Waals surface area contributed by atoms with Crippen LogP contribution in [0.25, 0.3) is 0 Å². The van der Waals surface area contributed by atoms with Crippen molar-refractivity contribution >= 4 is 24.4 Å². The summed E-state index contributed by atoms with van der Waals surface area (Å²) in [7, 11) is 0. The number of phenolic OH excluding ortho intramolecular Hbond substituents is 1. The van der Waals surface area contributed by atoms with Crippen LogP contribution >= 0.6 is 12.8 Å². The molecule has 1 N–H and O–H groups in total. The molecule has 0 radical (unpaired) electrons. The minimum absolute atomic E-state index is 0.155. The number of hydrogen-bond acceptors (Lipinski definition) is 3. The normalized spacial score (nSPS) is 9.94.